The second kappa shape index (κ2) is 2.77. The highest BCUT2D eigenvalue weighted by Crippen LogP contribution is 2.20. The summed E-state index contributed by atoms with van der Waals surface area (Å²) in [6.07, 6.45) is 3.66. The minimum Gasteiger partial charge on any atom is -0.190 e. The Bertz CT molecular complexity index is 344. The molecule has 0 N–H and O–H groups in total. The lowest BCUT2D eigenvalue weighted by molar-refractivity contribution is -0.754. The lowest BCUT2D eigenvalue weighted by Gasteiger charge is -1.95. The molecule has 0 radical (unpaired) electrons. The number of hydrogen-bond donors (Lipinski definition) is 0. The van der Waals surface area contributed by atoms with Gasteiger partial charge < -0.3 is 0 Å². The zero-order valence-corrected chi connectivity index (χ0v) is 6.43. The van der Waals surface area contributed by atoms with E-state index in [1.165, 1.54) is 0 Å². The van der Waals surface area contributed by atoms with Gasteiger partial charge in [0, 0.05) is 5.56 Å². The number of benzene rings is 1. The molecule has 1 aromatic carbocycles. The molecule has 0 spiro atoms. The Labute approximate surface area is 69.8 Å². The van der Waals surface area contributed by atoms with Crippen molar-refractivity contribution in [1.82, 2.24) is 0 Å². The predicted molar refractivity (Wildman–Crippen MR) is 44.6 cm³/mol. The van der Waals surface area contributed by atoms with Crippen LogP contribution in [0.3, 0.4) is 0 Å². The average molecular weight is 162 g/mol. The Balaban J connectivity index is 2.48. The van der Waals surface area contributed by atoms with Gasteiger partial charge in [-0.25, -0.2) is 0 Å². The smallest absolute Gasteiger partial charge is 0.190 e. The van der Waals surface area contributed by atoms with Gasteiger partial charge in [-0.05, 0) is 18.2 Å². The first-order valence-electron chi connectivity index (χ1n) is 3.74. The van der Waals surface area contributed by atoms with Crippen molar-refractivity contribution >= 4 is 6.08 Å². The Kier molecular flexibility index (Phi) is 1.63. The van der Waals surface area contributed by atoms with Crippen LogP contribution in [0.1, 0.15) is 5.56 Å². The first-order valence-corrected chi connectivity index (χ1v) is 3.74. The number of fused-ring (bicyclic) bond motifs is 1. The maximum absolute atomic E-state index is 10.9. The van der Waals surface area contributed by atoms with Crippen LogP contribution in [0.5, 0.6) is 5.75 Å². The van der Waals surface area contributed by atoms with Crippen molar-refractivity contribution in [3.63, 3.8) is 0 Å². The minimum absolute atomic E-state index is 0.272. The molecule has 0 aliphatic carbocycles. The molecular formula is C9H8NO2+. The van der Waals surface area contributed by atoms with Crippen molar-refractivity contribution in [3.05, 3.63) is 40.8 Å². The van der Waals surface area contributed by atoms with Crippen LogP contribution in [0.4, 0.5) is 0 Å². The van der Waals surface area contributed by atoms with E-state index in [0.717, 1.165) is 5.56 Å². The van der Waals surface area contributed by atoms with E-state index in [2.05, 4.69) is 0 Å². The van der Waals surface area contributed by atoms with Crippen molar-refractivity contribution in [2.45, 2.75) is 0 Å². The van der Waals surface area contributed by atoms with Crippen LogP contribution in [0.25, 0.3) is 6.08 Å². The highest BCUT2D eigenvalue weighted by Gasteiger charge is 2.15. The zero-order valence-electron chi connectivity index (χ0n) is 6.43. The van der Waals surface area contributed by atoms with Crippen molar-refractivity contribution in [2.75, 3.05) is 6.54 Å². The first kappa shape index (κ1) is 7.03. The molecule has 3 heteroatoms. The third kappa shape index (κ3) is 1.21. The van der Waals surface area contributed by atoms with Gasteiger partial charge in [0.2, 0.25) is 10.7 Å². The van der Waals surface area contributed by atoms with Crippen LogP contribution in [0.15, 0.2) is 30.3 Å². The lowest BCUT2D eigenvalue weighted by Crippen LogP contribution is -2.11. The number of hydrogen-bond acceptors (Lipinski definition) is 2. The molecule has 0 bridgehead atoms. The van der Waals surface area contributed by atoms with Crippen LogP contribution in [0.2, 0.25) is 0 Å². The monoisotopic (exact) mass is 162 g/mol. The molecule has 0 fully saturated rings. The van der Waals surface area contributed by atoms with Crippen LogP contribution in [-0.4, -0.2) is 11.5 Å². The van der Waals surface area contributed by atoms with Crippen LogP contribution in [0, 0.1) is 4.91 Å². The molecule has 1 heterocycles. The second-order valence-corrected chi connectivity index (χ2v) is 2.55. The molecular weight excluding hydrogens is 154 g/mol. The van der Waals surface area contributed by atoms with Crippen molar-refractivity contribution < 1.29 is 9.76 Å². The normalized spacial score (nSPS) is 14.8. The summed E-state index contributed by atoms with van der Waals surface area (Å²) in [6, 6.07) is 7.43. The molecule has 12 heavy (non-hydrogen) atoms. The molecule has 2 rings (SSSR count). The molecule has 0 amide bonds. The van der Waals surface area contributed by atoms with Crippen LogP contribution >= 0.6 is 0 Å². The van der Waals surface area contributed by atoms with E-state index >= 15 is 0 Å². The molecule has 0 aromatic heterocycles. The van der Waals surface area contributed by atoms with E-state index in [1.54, 1.807) is 12.1 Å². The number of nitrogens with zero attached hydrogens (tertiary/aromatic N) is 1. The van der Waals surface area contributed by atoms with Gasteiger partial charge in [0.15, 0.2) is 0 Å². The molecule has 1 aliphatic rings. The fourth-order valence-electron chi connectivity index (χ4n) is 1.11. The molecule has 60 valence electrons. The van der Waals surface area contributed by atoms with E-state index in [9.17, 15) is 4.91 Å². The second-order valence-electron chi connectivity index (χ2n) is 2.55. The Morgan fingerprint density at radius 2 is 2.17 bits per heavy atom. The van der Waals surface area contributed by atoms with E-state index < -0.39 is 0 Å². The third-order valence-corrected chi connectivity index (χ3v) is 1.67. The summed E-state index contributed by atoms with van der Waals surface area (Å²) >= 11 is 0. The maximum Gasteiger partial charge on any atom is 0.267 e. The van der Waals surface area contributed by atoms with Crippen molar-refractivity contribution in [3.8, 4) is 5.75 Å². The van der Waals surface area contributed by atoms with Gasteiger partial charge in [-0.2, -0.15) is 4.84 Å². The summed E-state index contributed by atoms with van der Waals surface area (Å²) in [7, 11) is 0. The van der Waals surface area contributed by atoms with Gasteiger partial charge in [0.25, 0.3) is 6.54 Å². The van der Waals surface area contributed by atoms with E-state index in [1.807, 2.05) is 24.3 Å². The third-order valence-electron chi connectivity index (χ3n) is 1.67. The topological polar surface area (TPSA) is 29.3 Å². The van der Waals surface area contributed by atoms with Gasteiger partial charge in [-0.1, -0.05) is 18.2 Å². The lowest BCUT2D eigenvalue weighted by atomic mass is 10.2. The molecule has 1 aromatic rings. The van der Waals surface area contributed by atoms with Crippen LogP contribution in [-0.2, 0) is 0 Å². The van der Waals surface area contributed by atoms with Crippen LogP contribution < -0.4 is 4.84 Å². The fourth-order valence-corrected chi connectivity index (χ4v) is 1.11. The van der Waals surface area contributed by atoms with Crippen molar-refractivity contribution in [1.29, 1.82) is 0 Å². The molecule has 0 saturated heterocycles. The van der Waals surface area contributed by atoms with Gasteiger partial charge in [0.1, 0.15) is 0 Å². The molecule has 3 nitrogen and oxygen atoms in total. The fraction of sp³-hybridized carbons (Fsp3) is 0.111. The summed E-state index contributed by atoms with van der Waals surface area (Å²) in [6.45, 7) is 0.272. The SMILES string of the molecule is O=[N+]1CC=Cc2ccccc2O1. The highest BCUT2D eigenvalue weighted by atomic mass is 16.8. The van der Waals surface area contributed by atoms with Gasteiger partial charge in [-0.3, -0.25) is 0 Å². The zero-order chi connectivity index (χ0) is 8.39. The number of rotatable bonds is 0. The van der Waals surface area contributed by atoms with Crippen molar-refractivity contribution in [2.24, 2.45) is 0 Å². The Morgan fingerprint density at radius 3 is 3.08 bits per heavy atom. The van der Waals surface area contributed by atoms with Gasteiger partial charge in [-0.15, -0.1) is 0 Å². The number of para-hydroxylation sites is 1. The summed E-state index contributed by atoms with van der Waals surface area (Å²) in [5, 5.41) is 0. The maximum atomic E-state index is 10.9. The molecule has 0 unspecified atom stereocenters. The summed E-state index contributed by atoms with van der Waals surface area (Å²) in [5.74, 6) is 0.612. The molecule has 0 saturated carbocycles. The molecule has 1 aliphatic heterocycles. The predicted octanol–water partition coefficient (Wildman–Crippen LogP) is 1.79. The van der Waals surface area contributed by atoms with E-state index in [4.69, 9.17) is 4.84 Å². The Hall–Kier alpha value is -1.64. The van der Waals surface area contributed by atoms with Gasteiger partial charge in [0.05, 0.1) is 4.91 Å². The average Bonchev–Trinajstić information content (AvgIpc) is 2.25. The largest absolute Gasteiger partial charge is 0.267 e. The Morgan fingerprint density at radius 1 is 1.33 bits per heavy atom. The summed E-state index contributed by atoms with van der Waals surface area (Å²) < 4.78 is 0. The highest BCUT2D eigenvalue weighted by molar-refractivity contribution is 5.57. The molecule has 0 atom stereocenters. The summed E-state index contributed by atoms with van der Waals surface area (Å²) in [5.41, 5.74) is 0.941. The minimum atomic E-state index is 0.272. The van der Waals surface area contributed by atoms with E-state index in [0.29, 0.717) is 10.7 Å². The van der Waals surface area contributed by atoms with E-state index in [-0.39, 0.29) is 6.54 Å². The summed E-state index contributed by atoms with van der Waals surface area (Å²) in [4.78, 5) is 16.4. The first-order chi connectivity index (χ1) is 5.86. The quantitative estimate of drug-likeness (QED) is 0.582. The standard InChI is InChI=1S/C9H8NO2/c11-10-7-3-5-8-4-1-2-6-9(8)12-10/h1-6H,7H2/q+1. The van der Waals surface area contributed by atoms with Gasteiger partial charge >= 0.3 is 0 Å².